The van der Waals surface area contributed by atoms with Crippen LogP contribution in [0.5, 0.6) is 0 Å². The second-order valence-corrected chi connectivity index (χ2v) is 6.30. The van der Waals surface area contributed by atoms with Crippen LogP contribution >= 0.6 is 0 Å². The Morgan fingerprint density at radius 1 is 1.17 bits per heavy atom. The second-order valence-electron chi connectivity index (χ2n) is 6.30. The molecule has 2 atom stereocenters. The van der Waals surface area contributed by atoms with Gasteiger partial charge in [0.15, 0.2) is 0 Å². The number of hydrogen-bond acceptors (Lipinski definition) is 4. The van der Waals surface area contributed by atoms with E-state index in [0.29, 0.717) is 38.8 Å². The van der Waals surface area contributed by atoms with Crippen LogP contribution in [0.1, 0.15) is 24.4 Å². The zero-order chi connectivity index (χ0) is 15.9. The van der Waals surface area contributed by atoms with Gasteiger partial charge in [-0.2, -0.15) is 0 Å². The summed E-state index contributed by atoms with van der Waals surface area (Å²) in [5.41, 5.74) is 1.24. The number of hydrogen-bond donors (Lipinski definition) is 1. The first-order chi connectivity index (χ1) is 11.3. The van der Waals surface area contributed by atoms with Crippen molar-refractivity contribution in [3.05, 3.63) is 35.9 Å². The Morgan fingerprint density at radius 2 is 1.96 bits per heavy atom. The topological polar surface area (TPSA) is 50.8 Å². The van der Waals surface area contributed by atoms with Crippen LogP contribution in [0, 0.1) is 5.92 Å². The Balaban J connectivity index is 1.57. The van der Waals surface area contributed by atoms with Crippen LogP contribution in [0.3, 0.4) is 0 Å². The van der Waals surface area contributed by atoms with Gasteiger partial charge in [-0.3, -0.25) is 4.79 Å². The molecule has 2 fully saturated rings. The fourth-order valence-corrected chi connectivity index (χ4v) is 3.26. The standard InChI is InChI=1S/C18H26N2O3/c21-18(20-7-10-22-11-8-20)13-19-17(12-15-6-9-23-14-15)16-4-2-1-3-5-16/h1-5,15,17,19H,6-14H2/t15-,17+/m0/s1. The van der Waals surface area contributed by atoms with E-state index in [9.17, 15) is 4.79 Å². The third-order valence-corrected chi connectivity index (χ3v) is 4.66. The van der Waals surface area contributed by atoms with Gasteiger partial charge in [0.1, 0.15) is 0 Å². The van der Waals surface area contributed by atoms with Crippen LogP contribution in [0.4, 0.5) is 0 Å². The lowest BCUT2D eigenvalue weighted by molar-refractivity contribution is -0.134. The zero-order valence-electron chi connectivity index (χ0n) is 13.6. The fourth-order valence-electron chi connectivity index (χ4n) is 3.26. The Kier molecular flexibility index (Phi) is 6.02. The second kappa shape index (κ2) is 8.43. The Morgan fingerprint density at radius 3 is 2.65 bits per heavy atom. The lowest BCUT2D eigenvalue weighted by Crippen LogP contribution is -2.45. The highest BCUT2D eigenvalue weighted by Gasteiger charge is 2.23. The molecule has 0 aromatic heterocycles. The summed E-state index contributed by atoms with van der Waals surface area (Å²) in [4.78, 5) is 14.2. The summed E-state index contributed by atoms with van der Waals surface area (Å²) < 4.78 is 10.8. The summed E-state index contributed by atoms with van der Waals surface area (Å²) >= 11 is 0. The molecule has 0 saturated carbocycles. The molecule has 5 heteroatoms. The third-order valence-electron chi connectivity index (χ3n) is 4.66. The summed E-state index contributed by atoms with van der Waals surface area (Å²) in [5.74, 6) is 0.739. The molecule has 2 aliphatic rings. The van der Waals surface area contributed by atoms with E-state index >= 15 is 0 Å². The average molecular weight is 318 g/mol. The van der Waals surface area contributed by atoms with E-state index < -0.39 is 0 Å². The summed E-state index contributed by atoms with van der Waals surface area (Å²) in [6.45, 7) is 4.77. The van der Waals surface area contributed by atoms with Crippen LogP contribution in [0.15, 0.2) is 30.3 Å². The van der Waals surface area contributed by atoms with Gasteiger partial charge in [-0.1, -0.05) is 30.3 Å². The fraction of sp³-hybridized carbons (Fsp3) is 0.611. The molecule has 3 rings (SSSR count). The first-order valence-corrected chi connectivity index (χ1v) is 8.54. The SMILES string of the molecule is O=C(CN[C@H](C[C@@H]1CCOC1)c1ccccc1)N1CCOCC1. The summed E-state index contributed by atoms with van der Waals surface area (Å²) in [7, 11) is 0. The molecule has 5 nitrogen and oxygen atoms in total. The molecule has 2 heterocycles. The van der Waals surface area contributed by atoms with Crippen molar-refractivity contribution in [3.63, 3.8) is 0 Å². The van der Waals surface area contributed by atoms with Crippen molar-refractivity contribution in [1.82, 2.24) is 10.2 Å². The normalized spacial score (nSPS) is 23.0. The van der Waals surface area contributed by atoms with E-state index in [1.165, 1.54) is 5.56 Å². The van der Waals surface area contributed by atoms with E-state index in [1.807, 2.05) is 11.0 Å². The molecular weight excluding hydrogens is 292 g/mol. The molecular formula is C18H26N2O3. The molecule has 2 aliphatic heterocycles. The Hall–Kier alpha value is -1.43. The maximum Gasteiger partial charge on any atom is 0.236 e. The average Bonchev–Trinajstić information content (AvgIpc) is 3.13. The largest absolute Gasteiger partial charge is 0.381 e. The lowest BCUT2D eigenvalue weighted by atomic mass is 9.94. The van der Waals surface area contributed by atoms with Gasteiger partial charge >= 0.3 is 0 Å². The molecule has 1 aromatic rings. The van der Waals surface area contributed by atoms with Gasteiger partial charge in [-0.15, -0.1) is 0 Å². The number of carbonyl (C=O) groups is 1. The number of amides is 1. The van der Waals surface area contributed by atoms with Crippen molar-refractivity contribution in [1.29, 1.82) is 0 Å². The monoisotopic (exact) mass is 318 g/mol. The van der Waals surface area contributed by atoms with E-state index in [-0.39, 0.29) is 11.9 Å². The molecule has 23 heavy (non-hydrogen) atoms. The van der Waals surface area contributed by atoms with Crippen LogP contribution in [0.25, 0.3) is 0 Å². The van der Waals surface area contributed by atoms with Crippen molar-refractivity contribution in [3.8, 4) is 0 Å². The number of benzene rings is 1. The molecule has 0 spiro atoms. The van der Waals surface area contributed by atoms with Gasteiger partial charge in [0.05, 0.1) is 19.8 Å². The van der Waals surface area contributed by atoms with Crippen LogP contribution in [-0.4, -0.2) is 56.9 Å². The molecule has 0 unspecified atom stereocenters. The number of nitrogens with zero attached hydrogens (tertiary/aromatic N) is 1. The van der Waals surface area contributed by atoms with E-state index in [4.69, 9.17) is 9.47 Å². The molecule has 0 radical (unpaired) electrons. The number of rotatable bonds is 6. The van der Waals surface area contributed by atoms with Crippen molar-refractivity contribution >= 4 is 5.91 Å². The predicted molar refractivity (Wildman–Crippen MR) is 88.1 cm³/mol. The maximum atomic E-state index is 12.4. The zero-order valence-corrected chi connectivity index (χ0v) is 13.6. The third kappa shape index (κ3) is 4.77. The number of nitrogens with one attached hydrogen (secondary N) is 1. The van der Waals surface area contributed by atoms with Gasteiger partial charge in [0.2, 0.25) is 5.91 Å². The van der Waals surface area contributed by atoms with Crippen LogP contribution in [-0.2, 0) is 14.3 Å². The van der Waals surface area contributed by atoms with Gasteiger partial charge in [-0.05, 0) is 24.3 Å². The first kappa shape index (κ1) is 16.4. The van der Waals surface area contributed by atoms with E-state index in [0.717, 1.165) is 26.1 Å². The van der Waals surface area contributed by atoms with Crippen LogP contribution < -0.4 is 5.32 Å². The molecule has 1 amide bonds. The molecule has 0 aliphatic carbocycles. The van der Waals surface area contributed by atoms with Gasteiger partial charge in [0, 0.05) is 32.3 Å². The van der Waals surface area contributed by atoms with Crippen LogP contribution in [0.2, 0.25) is 0 Å². The van der Waals surface area contributed by atoms with Gasteiger partial charge < -0.3 is 19.7 Å². The molecule has 0 bridgehead atoms. The van der Waals surface area contributed by atoms with Crippen molar-refractivity contribution < 1.29 is 14.3 Å². The van der Waals surface area contributed by atoms with Crippen molar-refractivity contribution in [2.24, 2.45) is 5.92 Å². The van der Waals surface area contributed by atoms with Gasteiger partial charge in [0.25, 0.3) is 0 Å². The summed E-state index contributed by atoms with van der Waals surface area (Å²) in [6, 6.07) is 10.6. The predicted octanol–water partition coefficient (Wildman–Crippen LogP) is 1.60. The highest BCUT2D eigenvalue weighted by molar-refractivity contribution is 5.78. The summed E-state index contributed by atoms with van der Waals surface area (Å²) in [6.07, 6.45) is 2.13. The maximum absolute atomic E-state index is 12.4. The van der Waals surface area contributed by atoms with Crippen molar-refractivity contribution in [2.75, 3.05) is 46.1 Å². The minimum Gasteiger partial charge on any atom is -0.381 e. The Labute approximate surface area is 137 Å². The van der Waals surface area contributed by atoms with E-state index in [2.05, 4.69) is 29.6 Å². The number of ether oxygens (including phenoxy) is 2. The number of morpholine rings is 1. The number of carbonyl (C=O) groups excluding carboxylic acids is 1. The summed E-state index contributed by atoms with van der Waals surface area (Å²) in [5, 5.41) is 3.47. The smallest absolute Gasteiger partial charge is 0.236 e. The van der Waals surface area contributed by atoms with Crippen molar-refractivity contribution in [2.45, 2.75) is 18.9 Å². The quantitative estimate of drug-likeness (QED) is 0.866. The van der Waals surface area contributed by atoms with Gasteiger partial charge in [-0.25, -0.2) is 0 Å². The molecule has 1 N–H and O–H groups in total. The minimum absolute atomic E-state index is 0.164. The highest BCUT2D eigenvalue weighted by atomic mass is 16.5. The minimum atomic E-state index is 0.164. The first-order valence-electron chi connectivity index (χ1n) is 8.54. The highest BCUT2D eigenvalue weighted by Crippen LogP contribution is 2.26. The lowest BCUT2D eigenvalue weighted by Gasteiger charge is -2.28. The molecule has 126 valence electrons. The Bertz CT molecular complexity index is 482. The van der Waals surface area contributed by atoms with E-state index in [1.54, 1.807) is 0 Å². The molecule has 1 aromatic carbocycles. The molecule has 2 saturated heterocycles.